The molecule has 2 aromatic heterocycles. The van der Waals surface area contributed by atoms with Crippen molar-refractivity contribution in [2.24, 2.45) is 5.92 Å². The van der Waals surface area contributed by atoms with Crippen LogP contribution in [0.5, 0.6) is 0 Å². The highest BCUT2D eigenvalue weighted by Crippen LogP contribution is 2.31. The van der Waals surface area contributed by atoms with E-state index in [9.17, 15) is 10.1 Å². The van der Waals surface area contributed by atoms with Gasteiger partial charge in [0.15, 0.2) is 0 Å². The smallest absolute Gasteiger partial charge is 0.345 e. The maximum Gasteiger partial charge on any atom is 0.345 e. The highest BCUT2D eigenvalue weighted by molar-refractivity contribution is 7.11. The SMILES string of the molecule is N#C/C(=C\C1CNNC1c1ccccc1)c1nc(-c2cc3ccccc3oc2=O)cs1. The maximum absolute atomic E-state index is 12.5. The summed E-state index contributed by atoms with van der Waals surface area (Å²) in [4.78, 5) is 17.0. The number of hydrogen-bond donors (Lipinski definition) is 2. The van der Waals surface area contributed by atoms with E-state index in [2.05, 4.69) is 34.0 Å². The topological polar surface area (TPSA) is 90.9 Å². The number of nitrogens with one attached hydrogen (secondary N) is 2. The highest BCUT2D eigenvalue weighted by Gasteiger charge is 2.27. The molecular formula is C24H18N4O2S. The largest absolute Gasteiger partial charge is 0.422 e. The van der Waals surface area contributed by atoms with E-state index in [1.54, 1.807) is 17.5 Å². The van der Waals surface area contributed by atoms with Gasteiger partial charge in [0.25, 0.3) is 0 Å². The first-order valence-electron chi connectivity index (χ1n) is 9.87. The van der Waals surface area contributed by atoms with E-state index < -0.39 is 5.63 Å². The standard InChI is InChI=1S/C24H18N4O2S/c25-12-17(10-18-13-26-28-22(18)15-6-2-1-3-7-15)23-27-20(14-31-23)19-11-16-8-4-5-9-21(16)30-24(19)29/h1-11,14,18,22,26,28H,13H2/b17-10+. The number of hydrazine groups is 1. The van der Waals surface area contributed by atoms with Crippen molar-refractivity contribution < 1.29 is 4.42 Å². The molecule has 0 amide bonds. The van der Waals surface area contributed by atoms with E-state index in [1.165, 1.54) is 11.3 Å². The Kier molecular flexibility index (Phi) is 5.18. The Labute approximate surface area is 182 Å². The minimum atomic E-state index is -0.439. The summed E-state index contributed by atoms with van der Waals surface area (Å²) in [5.41, 5.74) is 9.13. The maximum atomic E-state index is 12.5. The Hall–Kier alpha value is -3.57. The highest BCUT2D eigenvalue weighted by atomic mass is 32.1. The van der Waals surface area contributed by atoms with Crippen LogP contribution in [-0.2, 0) is 0 Å². The van der Waals surface area contributed by atoms with Crippen molar-refractivity contribution in [3.05, 3.63) is 93.1 Å². The van der Waals surface area contributed by atoms with Gasteiger partial charge in [-0.3, -0.25) is 5.43 Å². The number of rotatable bonds is 4. The molecule has 4 aromatic rings. The molecule has 2 unspecified atom stereocenters. The molecule has 6 nitrogen and oxygen atoms in total. The zero-order valence-corrected chi connectivity index (χ0v) is 17.2. The summed E-state index contributed by atoms with van der Waals surface area (Å²) < 4.78 is 5.43. The van der Waals surface area contributed by atoms with Crippen LogP contribution < -0.4 is 16.5 Å². The van der Waals surface area contributed by atoms with E-state index >= 15 is 0 Å². The lowest BCUT2D eigenvalue weighted by atomic mass is 9.93. The van der Waals surface area contributed by atoms with Crippen LogP contribution in [0.2, 0.25) is 0 Å². The van der Waals surface area contributed by atoms with Crippen molar-refractivity contribution in [2.45, 2.75) is 6.04 Å². The van der Waals surface area contributed by atoms with Crippen LogP contribution in [0.3, 0.4) is 0 Å². The predicted molar refractivity (Wildman–Crippen MR) is 121 cm³/mol. The third-order valence-corrected chi connectivity index (χ3v) is 6.21. The molecule has 2 atom stereocenters. The lowest BCUT2D eigenvalue weighted by Crippen LogP contribution is -2.24. The summed E-state index contributed by atoms with van der Waals surface area (Å²) in [5, 5.41) is 13.0. The molecule has 2 N–H and O–H groups in total. The van der Waals surface area contributed by atoms with E-state index in [0.29, 0.717) is 34.0 Å². The van der Waals surface area contributed by atoms with Gasteiger partial charge in [-0.2, -0.15) is 5.26 Å². The Balaban J connectivity index is 1.48. The molecule has 0 radical (unpaired) electrons. The van der Waals surface area contributed by atoms with E-state index in [-0.39, 0.29) is 12.0 Å². The fourth-order valence-corrected chi connectivity index (χ4v) is 4.58. The first-order valence-corrected chi connectivity index (χ1v) is 10.8. The molecule has 1 aliphatic heterocycles. The van der Waals surface area contributed by atoms with Crippen molar-refractivity contribution in [3.63, 3.8) is 0 Å². The second-order valence-electron chi connectivity index (χ2n) is 7.29. The minimum absolute atomic E-state index is 0.0662. The molecule has 1 saturated heterocycles. The zero-order valence-electron chi connectivity index (χ0n) is 16.4. The van der Waals surface area contributed by atoms with Crippen molar-refractivity contribution in [1.29, 1.82) is 5.26 Å². The average molecular weight is 427 g/mol. The van der Waals surface area contributed by atoms with Gasteiger partial charge in [-0.1, -0.05) is 54.6 Å². The third-order valence-electron chi connectivity index (χ3n) is 5.34. The molecule has 0 aliphatic carbocycles. The van der Waals surface area contributed by atoms with Crippen LogP contribution >= 0.6 is 11.3 Å². The zero-order chi connectivity index (χ0) is 21.2. The number of aromatic nitrogens is 1. The van der Waals surface area contributed by atoms with Gasteiger partial charge in [0, 0.05) is 23.2 Å². The Morgan fingerprint density at radius 1 is 1.19 bits per heavy atom. The monoisotopic (exact) mass is 426 g/mol. The van der Waals surface area contributed by atoms with E-state index in [4.69, 9.17) is 4.42 Å². The van der Waals surface area contributed by atoms with Crippen molar-refractivity contribution in [1.82, 2.24) is 15.8 Å². The molecule has 3 heterocycles. The number of benzene rings is 2. The quantitative estimate of drug-likeness (QED) is 0.374. The normalized spacial score (nSPS) is 18.9. The molecule has 0 bridgehead atoms. The molecule has 7 heteroatoms. The average Bonchev–Trinajstić information content (AvgIpc) is 3.47. The molecule has 0 saturated carbocycles. The number of fused-ring (bicyclic) bond motifs is 1. The Morgan fingerprint density at radius 2 is 2.00 bits per heavy atom. The number of nitriles is 1. The summed E-state index contributed by atoms with van der Waals surface area (Å²) in [7, 11) is 0. The molecule has 2 aromatic carbocycles. The summed E-state index contributed by atoms with van der Waals surface area (Å²) in [6, 6.07) is 21.6. The van der Waals surface area contributed by atoms with E-state index in [1.807, 2.05) is 42.5 Å². The van der Waals surface area contributed by atoms with Gasteiger partial charge < -0.3 is 4.42 Å². The first kappa shape index (κ1) is 19.4. The second kappa shape index (κ2) is 8.28. The molecule has 152 valence electrons. The van der Waals surface area contributed by atoms with Crippen LogP contribution in [0.15, 0.2) is 81.3 Å². The molecule has 1 fully saturated rings. The van der Waals surface area contributed by atoms with Crippen LogP contribution in [0.1, 0.15) is 16.6 Å². The van der Waals surface area contributed by atoms with Crippen LogP contribution in [-0.4, -0.2) is 11.5 Å². The van der Waals surface area contributed by atoms with Gasteiger partial charge >= 0.3 is 5.63 Å². The lowest BCUT2D eigenvalue weighted by Gasteiger charge is -2.15. The van der Waals surface area contributed by atoms with Crippen LogP contribution in [0, 0.1) is 17.2 Å². The third kappa shape index (κ3) is 3.80. The number of hydrogen-bond acceptors (Lipinski definition) is 7. The van der Waals surface area contributed by atoms with Gasteiger partial charge in [-0.05, 0) is 17.7 Å². The summed E-state index contributed by atoms with van der Waals surface area (Å²) >= 11 is 1.35. The first-order chi connectivity index (χ1) is 15.2. The van der Waals surface area contributed by atoms with E-state index in [0.717, 1.165) is 10.9 Å². The van der Waals surface area contributed by atoms with Crippen molar-refractivity contribution in [2.75, 3.05) is 6.54 Å². The number of para-hydroxylation sites is 1. The predicted octanol–water partition coefficient (Wildman–Crippen LogP) is 4.29. The van der Waals surface area contributed by atoms with Gasteiger partial charge in [0.05, 0.1) is 22.9 Å². The number of allylic oxidation sites excluding steroid dienone is 1. The van der Waals surface area contributed by atoms with Crippen molar-refractivity contribution in [3.8, 4) is 17.3 Å². The van der Waals surface area contributed by atoms with Gasteiger partial charge in [-0.15, -0.1) is 11.3 Å². The van der Waals surface area contributed by atoms with Gasteiger partial charge in [-0.25, -0.2) is 15.2 Å². The lowest BCUT2D eigenvalue weighted by molar-refractivity contribution is 0.540. The molecule has 1 aliphatic rings. The van der Waals surface area contributed by atoms with Crippen LogP contribution in [0.4, 0.5) is 0 Å². The molecule has 0 spiro atoms. The van der Waals surface area contributed by atoms with Crippen LogP contribution in [0.25, 0.3) is 27.8 Å². The van der Waals surface area contributed by atoms with Gasteiger partial charge in [0.1, 0.15) is 16.7 Å². The summed E-state index contributed by atoms with van der Waals surface area (Å²) in [6.07, 6.45) is 1.95. The minimum Gasteiger partial charge on any atom is -0.422 e. The summed E-state index contributed by atoms with van der Waals surface area (Å²) in [5.74, 6) is 0.0927. The summed E-state index contributed by atoms with van der Waals surface area (Å²) in [6.45, 7) is 0.706. The van der Waals surface area contributed by atoms with Gasteiger partial charge in [0.2, 0.25) is 0 Å². The fraction of sp³-hybridized carbons (Fsp3) is 0.125. The molecule has 5 rings (SSSR count). The molecule has 31 heavy (non-hydrogen) atoms. The number of nitrogens with zero attached hydrogens (tertiary/aromatic N) is 2. The molecular weight excluding hydrogens is 408 g/mol. The number of thiazole rings is 1. The second-order valence-corrected chi connectivity index (χ2v) is 8.15. The Morgan fingerprint density at radius 3 is 2.84 bits per heavy atom. The Bertz CT molecular complexity index is 1370. The van der Waals surface area contributed by atoms with Crippen molar-refractivity contribution >= 4 is 27.9 Å². The fourth-order valence-electron chi connectivity index (χ4n) is 3.79.